The quantitative estimate of drug-likeness (QED) is 0.723. The van der Waals surface area contributed by atoms with Gasteiger partial charge in [-0.2, -0.15) is 0 Å². The lowest BCUT2D eigenvalue weighted by atomic mass is 9.68. The van der Waals surface area contributed by atoms with Crippen LogP contribution in [0.4, 0.5) is 0 Å². The van der Waals surface area contributed by atoms with Crippen LogP contribution in [-0.2, 0) is 5.41 Å². The summed E-state index contributed by atoms with van der Waals surface area (Å²) in [5, 5.41) is 3.80. The highest BCUT2D eigenvalue weighted by molar-refractivity contribution is 5.28. The van der Waals surface area contributed by atoms with E-state index in [1.54, 1.807) is 0 Å². The van der Waals surface area contributed by atoms with E-state index in [9.17, 15) is 0 Å². The standard InChI is InChI=1S/C18H29N/c1-4-18(5-2,16-10-8-7-9-11-16)17(19-6-3)14-15-12-13-15/h7-11,15,17,19H,4-6,12-14H2,1-3H3. The minimum atomic E-state index is 0.305. The topological polar surface area (TPSA) is 12.0 Å². The van der Waals surface area contributed by atoms with Gasteiger partial charge in [0.05, 0.1) is 0 Å². The first-order valence-electron chi connectivity index (χ1n) is 8.05. The van der Waals surface area contributed by atoms with Crippen molar-refractivity contribution in [1.29, 1.82) is 0 Å². The molecular formula is C18H29N. The Morgan fingerprint density at radius 1 is 1.11 bits per heavy atom. The zero-order valence-corrected chi connectivity index (χ0v) is 12.8. The van der Waals surface area contributed by atoms with Crippen LogP contribution < -0.4 is 5.32 Å². The lowest BCUT2D eigenvalue weighted by Crippen LogP contribution is -2.48. The molecular weight excluding hydrogens is 230 g/mol. The Morgan fingerprint density at radius 2 is 1.74 bits per heavy atom. The van der Waals surface area contributed by atoms with Crippen LogP contribution in [0.5, 0.6) is 0 Å². The van der Waals surface area contributed by atoms with E-state index in [1.165, 1.54) is 37.7 Å². The third kappa shape index (κ3) is 3.20. The second kappa shape index (κ2) is 6.56. The number of hydrogen-bond donors (Lipinski definition) is 1. The van der Waals surface area contributed by atoms with Gasteiger partial charge in [-0.1, -0.05) is 63.9 Å². The lowest BCUT2D eigenvalue weighted by Gasteiger charge is -2.41. The van der Waals surface area contributed by atoms with E-state index < -0.39 is 0 Å². The van der Waals surface area contributed by atoms with E-state index in [4.69, 9.17) is 0 Å². The smallest absolute Gasteiger partial charge is 0.0166 e. The second-order valence-corrected chi connectivity index (χ2v) is 6.02. The molecule has 0 radical (unpaired) electrons. The van der Waals surface area contributed by atoms with Crippen molar-refractivity contribution >= 4 is 0 Å². The second-order valence-electron chi connectivity index (χ2n) is 6.02. The van der Waals surface area contributed by atoms with Gasteiger partial charge >= 0.3 is 0 Å². The van der Waals surface area contributed by atoms with E-state index in [0.29, 0.717) is 11.5 Å². The van der Waals surface area contributed by atoms with Crippen molar-refractivity contribution in [2.24, 2.45) is 5.92 Å². The molecule has 19 heavy (non-hydrogen) atoms. The Labute approximate surface area is 118 Å². The summed E-state index contributed by atoms with van der Waals surface area (Å²) in [6, 6.07) is 11.8. The predicted molar refractivity (Wildman–Crippen MR) is 83.5 cm³/mol. The van der Waals surface area contributed by atoms with Crippen LogP contribution in [-0.4, -0.2) is 12.6 Å². The third-order valence-electron chi connectivity index (χ3n) is 4.99. The summed E-state index contributed by atoms with van der Waals surface area (Å²) in [7, 11) is 0. The zero-order valence-electron chi connectivity index (χ0n) is 12.8. The average Bonchev–Trinajstić information content (AvgIpc) is 3.26. The molecule has 2 rings (SSSR count). The number of nitrogens with one attached hydrogen (secondary N) is 1. The van der Waals surface area contributed by atoms with Gasteiger partial charge in [0.1, 0.15) is 0 Å². The van der Waals surface area contributed by atoms with Crippen LogP contribution in [0.15, 0.2) is 30.3 Å². The van der Waals surface area contributed by atoms with Gasteiger partial charge in [-0.3, -0.25) is 0 Å². The summed E-state index contributed by atoms with van der Waals surface area (Å²) in [6.07, 6.45) is 6.68. The van der Waals surface area contributed by atoms with E-state index in [1.807, 2.05) is 0 Å². The van der Waals surface area contributed by atoms with E-state index in [-0.39, 0.29) is 0 Å². The molecule has 1 aromatic rings. The van der Waals surface area contributed by atoms with Gasteiger partial charge in [0.2, 0.25) is 0 Å². The van der Waals surface area contributed by atoms with Crippen molar-refractivity contribution in [1.82, 2.24) is 5.32 Å². The fraction of sp³-hybridized carbons (Fsp3) is 0.667. The Morgan fingerprint density at radius 3 is 2.21 bits per heavy atom. The van der Waals surface area contributed by atoms with Crippen molar-refractivity contribution in [2.75, 3.05) is 6.54 Å². The maximum absolute atomic E-state index is 3.80. The Bertz CT molecular complexity index is 363. The normalized spacial score (nSPS) is 17.4. The predicted octanol–water partition coefficient (Wildman–Crippen LogP) is 4.52. The summed E-state index contributed by atoms with van der Waals surface area (Å²) >= 11 is 0. The van der Waals surface area contributed by atoms with Crippen molar-refractivity contribution in [3.8, 4) is 0 Å². The van der Waals surface area contributed by atoms with Gasteiger partial charge in [0.25, 0.3) is 0 Å². The molecule has 0 heterocycles. The van der Waals surface area contributed by atoms with Crippen molar-refractivity contribution in [2.45, 2.75) is 64.3 Å². The van der Waals surface area contributed by atoms with Crippen LogP contribution in [0.25, 0.3) is 0 Å². The van der Waals surface area contributed by atoms with Gasteiger partial charge in [-0.15, -0.1) is 0 Å². The van der Waals surface area contributed by atoms with Gasteiger partial charge < -0.3 is 5.32 Å². The van der Waals surface area contributed by atoms with Crippen LogP contribution in [0.3, 0.4) is 0 Å². The molecule has 0 saturated heterocycles. The largest absolute Gasteiger partial charge is 0.313 e. The fourth-order valence-electron chi connectivity index (χ4n) is 3.56. The van der Waals surface area contributed by atoms with Gasteiger partial charge in [-0.05, 0) is 37.3 Å². The van der Waals surface area contributed by atoms with E-state index >= 15 is 0 Å². The molecule has 1 fully saturated rings. The van der Waals surface area contributed by atoms with Gasteiger partial charge in [0, 0.05) is 11.5 Å². The highest BCUT2D eigenvalue weighted by Gasteiger charge is 2.39. The maximum atomic E-state index is 3.80. The number of rotatable bonds is 8. The molecule has 1 saturated carbocycles. The summed E-state index contributed by atoms with van der Waals surface area (Å²) in [4.78, 5) is 0. The number of hydrogen-bond acceptors (Lipinski definition) is 1. The molecule has 0 spiro atoms. The Hall–Kier alpha value is -0.820. The van der Waals surface area contributed by atoms with Crippen molar-refractivity contribution in [3.05, 3.63) is 35.9 Å². The molecule has 1 aliphatic carbocycles. The fourth-order valence-corrected chi connectivity index (χ4v) is 3.56. The summed E-state index contributed by atoms with van der Waals surface area (Å²) in [5.41, 5.74) is 1.83. The van der Waals surface area contributed by atoms with Crippen LogP contribution in [0.2, 0.25) is 0 Å². The molecule has 1 aromatic carbocycles. The minimum Gasteiger partial charge on any atom is -0.313 e. The summed E-state index contributed by atoms with van der Waals surface area (Å²) in [5.74, 6) is 0.977. The highest BCUT2D eigenvalue weighted by Crippen LogP contribution is 2.42. The molecule has 0 bridgehead atoms. The molecule has 1 unspecified atom stereocenters. The lowest BCUT2D eigenvalue weighted by molar-refractivity contribution is 0.253. The van der Waals surface area contributed by atoms with Crippen LogP contribution in [0.1, 0.15) is 58.4 Å². The maximum Gasteiger partial charge on any atom is 0.0166 e. The number of likely N-dealkylation sites (N-methyl/N-ethyl adjacent to an activating group) is 1. The molecule has 1 nitrogen and oxygen atoms in total. The van der Waals surface area contributed by atoms with Gasteiger partial charge in [0.15, 0.2) is 0 Å². The first-order chi connectivity index (χ1) is 9.26. The molecule has 1 aliphatic rings. The monoisotopic (exact) mass is 259 g/mol. The first-order valence-corrected chi connectivity index (χ1v) is 8.05. The number of benzene rings is 1. The Balaban J connectivity index is 2.28. The van der Waals surface area contributed by atoms with Crippen molar-refractivity contribution < 1.29 is 0 Å². The third-order valence-corrected chi connectivity index (χ3v) is 4.99. The van der Waals surface area contributed by atoms with Gasteiger partial charge in [-0.25, -0.2) is 0 Å². The average molecular weight is 259 g/mol. The minimum absolute atomic E-state index is 0.305. The Kier molecular flexibility index (Phi) is 5.04. The first kappa shape index (κ1) is 14.6. The zero-order chi connectivity index (χ0) is 13.7. The van der Waals surface area contributed by atoms with Crippen LogP contribution >= 0.6 is 0 Å². The molecule has 1 N–H and O–H groups in total. The summed E-state index contributed by atoms with van der Waals surface area (Å²) in [6.45, 7) is 8.02. The highest BCUT2D eigenvalue weighted by atomic mass is 14.9. The molecule has 0 aromatic heterocycles. The summed E-state index contributed by atoms with van der Waals surface area (Å²) < 4.78 is 0. The molecule has 1 atom stereocenters. The molecule has 1 heteroatoms. The van der Waals surface area contributed by atoms with E-state index in [0.717, 1.165) is 12.5 Å². The molecule has 0 amide bonds. The SMILES string of the molecule is CCNC(CC1CC1)C(CC)(CC)c1ccccc1. The van der Waals surface area contributed by atoms with E-state index in [2.05, 4.69) is 56.4 Å². The molecule has 106 valence electrons. The van der Waals surface area contributed by atoms with Crippen LogP contribution in [0, 0.1) is 5.92 Å². The van der Waals surface area contributed by atoms with Crippen molar-refractivity contribution in [3.63, 3.8) is 0 Å². The molecule has 0 aliphatic heterocycles.